The lowest BCUT2D eigenvalue weighted by Crippen LogP contribution is -2.42. The van der Waals surface area contributed by atoms with Crippen LogP contribution in [0, 0.1) is 5.92 Å². The number of rotatable bonds is 8. The van der Waals surface area contributed by atoms with Crippen LogP contribution >= 0.6 is 0 Å². The average Bonchev–Trinajstić information content (AvgIpc) is 3.11. The molecule has 1 saturated heterocycles. The van der Waals surface area contributed by atoms with Gasteiger partial charge in [0.05, 0.1) is 18.0 Å². The van der Waals surface area contributed by atoms with Gasteiger partial charge in [0.1, 0.15) is 0 Å². The van der Waals surface area contributed by atoms with Crippen LogP contribution in [-0.4, -0.2) is 65.7 Å². The maximum atomic E-state index is 12.2. The fourth-order valence-corrected chi connectivity index (χ4v) is 3.74. The Hall–Kier alpha value is -1.64. The molecule has 1 atom stereocenters. The van der Waals surface area contributed by atoms with E-state index < -0.39 is 10.0 Å². The molecule has 1 aromatic rings. The molecular weight excluding hydrogens is 340 g/mol. The number of aliphatic imine (C=N–C) groups is 1. The number of hydrogen-bond donors (Lipinski definition) is 2. The van der Waals surface area contributed by atoms with Crippen molar-refractivity contribution in [3.8, 4) is 0 Å². The third-order valence-corrected chi connectivity index (χ3v) is 5.45. The summed E-state index contributed by atoms with van der Waals surface area (Å²) in [5, 5.41) is 3.24. The molecule has 2 N–H and O–H groups in total. The summed E-state index contributed by atoms with van der Waals surface area (Å²) in [4.78, 5) is 6.86. The highest BCUT2D eigenvalue weighted by atomic mass is 32.2. The molecule has 1 unspecified atom stereocenters. The number of nitrogens with zero attached hydrogens (tertiary/aromatic N) is 2. The Morgan fingerprint density at radius 1 is 1.36 bits per heavy atom. The molecule has 0 bridgehead atoms. The summed E-state index contributed by atoms with van der Waals surface area (Å²) in [6.07, 6.45) is 1.07. The maximum Gasteiger partial charge on any atom is 0.240 e. The lowest BCUT2D eigenvalue weighted by atomic mass is 10.1. The van der Waals surface area contributed by atoms with Gasteiger partial charge in [0, 0.05) is 39.2 Å². The Bertz CT molecular complexity index is 643. The number of hydrogen-bond acceptors (Lipinski definition) is 4. The van der Waals surface area contributed by atoms with Crippen molar-refractivity contribution in [3.63, 3.8) is 0 Å². The van der Waals surface area contributed by atoms with Crippen molar-refractivity contribution in [1.29, 1.82) is 0 Å². The van der Waals surface area contributed by atoms with E-state index >= 15 is 0 Å². The van der Waals surface area contributed by atoms with Gasteiger partial charge in [0.25, 0.3) is 0 Å². The lowest BCUT2D eigenvalue weighted by molar-refractivity contribution is 0.181. The van der Waals surface area contributed by atoms with Gasteiger partial charge < -0.3 is 15.0 Å². The van der Waals surface area contributed by atoms with Gasteiger partial charge in [0.2, 0.25) is 10.0 Å². The van der Waals surface area contributed by atoms with Gasteiger partial charge in [-0.15, -0.1) is 0 Å². The summed E-state index contributed by atoms with van der Waals surface area (Å²) >= 11 is 0. The molecule has 0 aromatic heterocycles. The third-order valence-electron chi connectivity index (χ3n) is 3.97. The van der Waals surface area contributed by atoms with E-state index in [1.54, 1.807) is 30.3 Å². The molecular formula is C17H28N4O3S. The Balaban J connectivity index is 1.86. The Morgan fingerprint density at radius 3 is 2.76 bits per heavy atom. The van der Waals surface area contributed by atoms with Crippen molar-refractivity contribution < 1.29 is 13.2 Å². The number of ether oxygens (including phenoxy) is 1. The summed E-state index contributed by atoms with van der Waals surface area (Å²) in [5.74, 6) is 1.30. The van der Waals surface area contributed by atoms with E-state index in [2.05, 4.69) is 19.9 Å². The summed E-state index contributed by atoms with van der Waals surface area (Å²) in [5.41, 5.74) is 0. The molecule has 0 spiro atoms. The van der Waals surface area contributed by atoms with E-state index in [0.29, 0.717) is 12.5 Å². The van der Waals surface area contributed by atoms with Crippen LogP contribution in [0.15, 0.2) is 40.2 Å². The summed E-state index contributed by atoms with van der Waals surface area (Å²) < 4.78 is 32.3. The summed E-state index contributed by atoms with van der Waals surface area (Å²) in [7, 11) is -1.49. The van der Waals surface area contributed by atoms with Crippen LogP contribution < -0.4 is 10.0 Å². The summed E-state index contributed by atoms with van der Waals surface area (Å²) in [6, 6.07) is 8.35. The monoisotopic (exact) mass is 368 g/mol. The molecule has 1 aliphatic heterocycles. The van der Waals surface area contributed by atoms with E-state index in [0.717, 1.165) is 38.7 Å². The minimum atomic E-state index is -3.48. The highest BCUT2D eigenvalue weighted by Crippen LogP contribution is 2.13. The largest absolute Gasteiger partial charge is 0.381 e. The molecule has 140 valence electrons. The topological polar surface area (TPSA) is 83.0 Å². The van der Waals surface area contributed by atoms with Gasteiger partial charge in [-0.2, -0.15) is 0 Å². The second-order valence-corrected chi connectivity index (χ2v) is 7.82. The molecule has 0 saturated carbocycles. The minimum Gasteiger partial charge on any atom is -0.381 e. The van der Waals surface area contributed by atoms with Crippen LogP contribution in [0.25, 0.3) is 0 Å². The molecule has 25 heavy (non-hydrogen) atoms. The first-order valence-corrected chi connectivity index (χ1v) is 10.1. The van der Waals surface area contributed by atoms with E-state index in [9.17, 15) is 8.42 Å². The van der Waals surface area contributed by atoms with Gasteiger partial charge in [0.15, 0.2) is 5.96 Å². The smallest absolute Gasteiger partial charge is 0.240 e. The summed E-state index contributed by atoms with van der Waals surface area (Å²) in [6.45, 7) is 5.91. The van der Waals surface area contributed by atoms with Gasteiger partial charge in [-0.25, -0.2) is 13.1 Å². The van der Waals surface area contributed by atoms with Gasteiger partial charge in [-0.1, -0.05) is 18.2 Å². The Labute approximate surface area is 150 Å². The van der Waals surface area contributed by atoms with Crippen LogP contribution in [0.1, 0.15) is 13.3 Å². The van der Waals surface area contributed by atoms with Crippen LogP contribution in [0.2, 0.25) is 0 Å². The van der Waals surface area contributed by atoms with Crippen LogP contribution in [0.4, 0.5) is 0 Å². The normalized spacial score (nSPS) is 18.3. The highest BCUT2D eigenvalue weighted by molar-refractivity contribution is 7.89. The van der Waals surface area contributed by atoms with Gasteiger partial charge in [-0.05, 0) is 25.5 Å². The van der Waals surface area contributed by atoms with Crippen LogP contribution in [0.3, 0.4) is 0 Å². The molecule has 1 aromatic carbocycles. The quantitative estimate of drug-likeness (QED) is 0.405. The van der Waals surface area contributed by atoms with Crippen LogP contribution in [-0.2, 0) is 14.8 Å². The second kappa shape index (κ2) is 9.74. The zero-order chi connectivity index (χ0) is 18.1. The fraction of sp³-hybridized carbons (Fsp3) is 0.588. The minimum absolute atomic E-state index is 0.256. The molecule has 0 radical (unpaired) electrons. The first-order valence-electron chi connectivity index (χ1n) is 8.65. The molecule has 0 amide bonds. The van der Waals surface area contributed by atoms with Crippen molar-refractivity contribution >= 4 is 16.0 Å². The number of sulfonamides is 1. The van der Waals surface area contributed by atoms with Gasteiger partial charge in [-0.3, -0.25) is 4.99 Å². The van der Waals surface area contributed by atoms with E-state index in [1.165, 1.54) is 0 Å². The molecule has 7 nitrogen and oxygen atoms in total. The van der Waals surface area contributed by atoms with Crippen molar-refractivity contribution in [3.05, 3.63) is 30.3 Å². The molecule has 1 fully saturated rings. The molecule has 1 aliphatic rings. The first-order chi connectivity index (χ1) is 12.0. The second-order valence-electron chi connectivity index (χ2n) is 6.06. The Kier molecular flexibility index (Phi) is 7.67. The Morgan fingerprint density at radius 2 is 2.12 bits per heavy atom. The molecule has 0 aliphatic carbocycles. The average molecular weight is 369 g/mol. The van der Waals surface area contributed by atoms with Crippen molar-refractivity contribution in [2.24, 2.45) is 10.9 Å². The van der Waals surface area contributed by atoms with Crippen molar-refractivity contribution in [2.75, 3.05) is 46.4 Å². The lowest BCUT2D eigenvalue weighted by Gasteiger charge is -2.24. The molecule has 8 heteroatoms. The first kappa shape index (κ1) is 19.7. The zero-order valence-electron chi connectivity index (χ0n) is 14.9. The van der Waals surface area contributed by atoms with Crippen LogP contribution in [0.5, 0.6) is 0 Å². The molecule has 1 heterocycles. The number of nitrogens with one attached hydrogen (secondary N) is 2. The van der Waals surface area contributed by atoms with E-state index in [1.807, 2.05) is 14.0 Å². The number of guanidine groups is 1. The van der Waals surface area contributed by atoms with Crippen molar-refractivity contribution in [2.45, 2.75) is 18.2 Å². The highest BCUT2D eigenvalue weighted by Gasteiger charge is 2.19. The molecule has 2 rings (SSSR count). The third kappa shape index (κ3) is 6.30. The van der Waals surface area contributed by atoms with E-state index in [4.69, 9.17) is 4.74 Å². The number of benzene rings is 1. The van der Waals surface area contributed by atoms with E-state index in [-0.39, 0.29) is 11.4 Å². The van der Waals surface area contributed by atoms with Gasteiger partial charge >= 0.3 is 0 Å². The standard InChI is InChI=1S/C17H28N4O3S/c1-3-18-17(21(2)13-15-9-12-24-14-15)19-10-11-20-25(22,23)16-7-5-4-6-8-16/h4-8,15,20H,3,9-14H2,1-2H3,(H,18,19). The SMILES string of the molecule is CCNC(=NCCNS(=O)(=O)c1ccccc1)N(C)CC1CCOC1. The van der Waals surface area contributed by atoms with Crippen molar-refractivity contribution in [1.82, 2.24) is 14.9 Å². The predicted octanol–water partition coefficient (Wildman–Crippen LogP) is 0.899. The maximum absolute atomic E-state index is 12.2. The fourth-order valence-electron chi connectivity index (χ4n) is 2.70. The predicted molar refractivity (Wildman–Crippen MR) is 99.2 cm³/mol. The zero-order valence-corrected chi connectivity index (χ0v) is 15.8.